The van der Waals surface area contributed by atoms with Gasteiger partial charge in [-0.25, -0.2) is 0 Å². The number of hydrogen-bond acceptors (Lipinski definition) is 1. The molecule has 1 heterocycles. The third kappa shape index (κ3) is 1.22. The molecule has 0 amide bonds. The smallest absolute Gasteiger partial charge is 0.0981 e. The average molecular weight is 160 g/mol. The van der Waals surface area contributed by atoms with Crippen molar-refractivity contribution in [2.75, 3.05) is 0 Å². The van der Waals surface area contributed by atoms with E-state index in [4.69, 9.17) is 4.42 Å². The molecule has 1 aromatic rings. The van der Waals surface area contributed by atoms with Crippen LogP contribution < -0.4 is 0 Å². The summed E-state index contributed by atoms with van der Waals surface area (Å²) >= 11 is 0. The van der Waals surface area contributed by atoms with Crippen molar-refractivity contribution in [3.63, 3.8) is 0 Å². The van der Waals surface area contributed by atoms with E-state index in [9.17, 15) is 0 Å². The van der Waals surface area contributed by atoms with Crippen LogP contribution >= 0.6 is 0 Å². The summed E-state index contributed by atoms with van der Waals surface area (Å²) in [5.41, 5.74) is 2.49. The maximum atomic E-state index is 5.09. The minimum atomic E-state index is 0.159. The molecule has 2 rings (SSSR count). The molecular weight excluding hydrogens is 148 g/mol. The largest absolute Gasteiger partial charge is 0.471 e. The molecule has 1 aromatic heterocycles. The number of hydrogen-bond donors (Lipinski definition) is 0. The van der Waals surface area contributed by atoms with Gasteiger partial charge >= 0.3 is 0 Å². The van der Waals surface area contributed by atoms with Gasteiger partial charge in [-0.15, -0.1) is 0 Å². The molecule has 0 atom stereocenters. The van der Waals surface area contributed by atoms with E-state index in [1.807, 2.05) is 0 Å². The normalized spacial score (nSPS) is 18.8. The Morgan fingerprint density at radius 1 is 1.00 bits per heavy atom. The van der Waals surface area contributed by atoms with Gasteiger partial charge in [0, 0.05) is 16.5 Å². The molecule has 0 radical (unpaired) electrons. The van der Waals surface area contributed by atoms with E-state index in [1.165, 1.54) is 0 Å². The van der Waals surface area contributed by atoms with Crippen LogP contribution in [0.3, 0.4) is 0 Å². The molecule has 0 aromatic carbocycles. The lowest BCUT2D eigenvalue weighted by molar-refractivity contribution is 0.565. The second-order valence-electron chi connectivity index (χ2n) is 3.77. The topological polar surface area (TPSA) is 13.1 Å². The maximum Gasteiger partial charge on any atom is 0.0981 e. The van der Waals surface area contributed by atoms with E-state index in [-0.39, 0.29) is 5.41 Å². The number of rotatable bonds is 0. The lowest BCUT2D eigenvalue weighted by atomic mass is 9.93. The molecule has 0 aliphatic heterocycles. The maximum absolute atomic E-state index is 5.09. The number of furan rings is 1. The van der Waals surface area contributed by atoms with Gasteiger partial charge in [0.25, 0.3) is 0 Å². The molecule has 1 heteroatoms. The summed E-state index contributed by atoms with van der Waals surface area (Å²) in [5, 5.41) is 0. The van der Waals surface area contributed by atoms with Crippen LogP contribution in [0, 0.1) is 5.41 Å². The molecule has 1 nitrogen and oxygen atoms in total. The molecule has 62 valence electrons. The monoisotopic (exact) mass is 160 g/mol. The lowest BCUT2D eigenvalue weighted by Gasteiger charge is -2.12. The third-order valence-electron chi connectivity index (χ3n) is 2.11. The van der Waals surface area contributed by atoms with Crippen LogP contribution in [0.4, 0.5) is 0 Å². The van der Waals surface area contributed by atoms with E-state index < -0.39 is 0 Å². The first-order valence-corrected chi connectivity index (χ1v) is 4.12. The molecule has 12 heavy (non-hydrogen) atoms. The molecule has 0 bridgehead atoms. The fourth-order valence-corrected chi connectivity index (χ4v) is 1.25. The Morgan fingerprint density at radius 3 is 2.00 bits per heavy atom. The minimum absolute atomic E-state index is 0.159. The highest BCUT2D eigenvalue weighted by Gasteiger charge is 2.12. The highest BCUT2D eigenvalue weighted by Crippen LogP contribution is 2.27. The Labute approximate surface area is 72.4 Å². The fourth-order valence-electron chi connectivity index (χ4n) is 1.25. The summed E-state index contributed by atoms with van der Waals surface area (Å²) in [4.78, 5) is 0. The summed E-state index contributed by atoms with van der Waals surface area (Å²) in [7, 11) is 0. The first-order valence-electron chi connectivity index (χ1n) is 4.12. The van der Waals surface area contributed by atoms with Gasteiger partial charge in [0.15, 0.2) is 0 Å². The van der Waals surface area contributed by atoms with Crippen molar-refractivity contribution >= 4 is 12.2 Å². The first kappa shape index (κ1) is 7.41. The Kier molecular flexibility index (Phi) is 1.47. The van der Waals surface area contributed by atoms with E-state index in [0.29, 0.717) is 0 Å². The van der Waals surface area contributed by atoms with Crippen molar-refractivity contribution in [1.29, 1.82) is 0 Å². The first-order chi connectivity index (χ1) is 5.67. The van der Waals surface area contributed by atoms with Crippen molar-refractivity contribution < 1.29 is 4.42 Å². The zero-order chi connectivity index (χ0) is 8.60. The standard InChI is InChI=1S/C11H12O/c1-11(2)5-3-9-7-12-8-10(9)4-6-11/h3-8H,1-2H3. The van der Waals surface area contributed by atoms with E-state index >= 15 is 0 Å². The van der Waals surface area contributed by atoms with Crippen molar-refractivity contribution in [3.05, 3.63) is 35.8 Å². The predicted octanol–water partition coefficient (Wildman–Crippen LogP) is 3.35. The predicted molar refractivity (Wildman–Crippen MR) is 50.6 cm³/mol. The summed E-state index contributed by atoms with van der Waals surface area (Å²) in [6.45, 7) is 4.37. The highest BCUT2D eigenvalue weighted by molar-refractivity contribution is 5.67. The van der Waals surface area contributed by atoms with E-state index in [2.05, 4.69) is 38.2 Å². The van der Waals surface area contributed by atoms with E-state index in [0.717, 1.165) is 11.1 Å². The summed E-state index contributed by atoms with van der Waals surface area (Å²) < 4.78 is 5.09. The van der Waals surface area contributed by atoms with Crippen LogP contribution in [0.2, 0.25) is 0 Å². The average Bonchev–Trinajstić information content (AvgIpc) is 2.40. The summed E-state index contributed by atoms with van der Waals surface area (Å²) in [5.74, 6) is 0. The zero-order valence-corrected chi connectivity index (χ0v) is 7.37. The van der Waals surface area contributed by atoms with E-state index in [1.54, 1.807) is 12.5 Å². The van der Waals surface area contributed by atoms with Crippen molar-refractivity contribution in [3.8, 4) is 0 Å². The van der Waals surface area contributed by atoms with Crippen molar-refractivity contribution in [2.45, 2.75) is 13.8 Å². The highest BCUT2D eigenvalue weighted by atomic mass is 16.3. The molecule has 0 unspecified atom stereocenters. The summed E-state index contributed by atoms with van der Waals surface area (Å²) in [6, 6.07) is 0. The Hall–Kier alpha value is -1.24. The summed E-state index contributed by atoms with van der Waals surface area (Å²) in [6.07, 6.45) is 12.1. The number of allylic oxidation sites excluding steroid dienone is 2. The molecule has 1 aliphatic rings. The van der Waals surface area contributed by atoms with Gasteiger partial charge in [-0.2, -0.15) is 0 Å². The van der Waals surface area contributed by atoms with Gasteiger partial charge in [-0.1, -0.05) is 38.2 Å². The minimum Gasteiger partial charge on any atom is -0.471 e. The van der Waals surface area contributed by atoms with Crippen molar-refractivity contribution in [1.82, 2.24) is 0 Å². The van der Waals surface area contributed by atoms with Crippen LogP contribution in [0.5, 0.6) is 0 Å². The van der Waals surface area contributed by atoms with Crippen LogP contribution in [-0.2, 0) is 0 Å². The molecular formula is C11H12O. The van der Waals surface area contributed by atoms with Crippen LogP contribution in [-0.4, -0.2) is 0 Å². The second kappa shape index (κ2) is 2.37. The van der Waals surface area contributed by atoms with Gasteiger partial charge in [0.05, 0.1) is 12.5 Å². The second-order valence-corrected chi connectivity index (χ2v) is 3.77. The molecule has 0 saturated carbocycles. The van der Waals surface area contributed by atoms with Crippen LogP contribution in [0.25, 0.3) is 12.2 Å². The Balaban J connectivity index is 2.49. The Bertz CT molecular complexity index is 309. The SMILES string of the molecule is CC1(C)C=Cc2cocc2C=C1. The molecule has 0 spiro atoms. The molecule has 1 aliphatic carbocycles. The van der Waals surface area contributed by atoms with Gasteiger partial charge in [-0.05, 0) is 0 Å². The molecule has 0 saturated heterocycles. The third-order valence-corrected chi connectivity index (χ3v) is 2.11. The van der Waals surface area contributed by atoms with Crippen LogP contribution in [0.1, 0.15) is 25.0 Å². The van der Waals surface area contributed by atoms with Crippen LogP contribution in [0.15, 0.2) is 29.1 Å². The van der Waals surface area contributed by atoms with Crippen molar-refractivity contribution in [2.24, 2.45) is 5.41 Å². The Morgan fingerprint density at radius 2 is 1.50 bits per heavy atom. The lowest BCUT2D eigenvalue weighted by Crippen LogP contribution is -2.00. The quantitative estimate of drug-likeness (QED) is 0.567. The molecule has 0 fully saturated rings. The van der Waals surface area contributed by atoms with Gasteiger partial charge in [0.1, 0.15) is 0 Å². The zero-order valence-electron chi connectivity index (χ0n) is 7.37. The molecule has 0 N–H and O–H groups in total. The number of fused-ring (bicyclic) bond motifs is 1. The van der Waals surface area contributed by atoms with Gasteiger partial charge in [-0.3, -0.25) is 0 Å². The van der Waals surface area contributed by atoms with Gasteiger partial charge < -0.3 is 4.42 Å². The van der Waals surface area contributed by atoms with Gasteiger partial charge in [0.2, 0.25) is 0 Å². The fraction of sp³-hybridized carbons (Fsp3) is 0.273.